The normalized spacial score (nSPS) is 12.7. The molecule has 6 nitrogen and oxygen atoms in total. The molecule has 0 radical (unpaired) electrons. The van der Waals surface area contributed by atoms with E-state index in [-0.39, 0.29) is 5.91 Å². The molecule has 102 valence electrons. The lowest BCUT2D eigenvalue weighted by Gasteiger charge is -2.11. The number of hydrogen-bond donors (Lipinski definition) is 2. The van der Waals surface area contributed by atoms with Gasteiger partial charge in [-0.1, -0.05) is 13.8 Å². The van der Waals surface area contributed by atoms with Crippen molar-refractivity contribution in [1.82, 2.24) is 15.1 Å². The Morgan fingerprint density at radius 1 is 1.61 bits per heavy atom. The van der Waals surface area contributed by atoms with Gasteiger partial charge in [-0.05, 0) is 5.92 Å². The Bertz CT molecular complexity index is 376. The molecular weight excluding hydrogens is 232 g/mol. The second-order valence-electron chi connectivity index (χ2n) is 4.68. The summed E-state index contributed by atoms with van der Waals surface area (Å²) >= 11 is 0. The molecule has 0 saturated carbocycles. The number of aryl methyl sites for hydroxylation is 1. The molecule has 1 aromatic heterocycles. The van der Waals surface area contributed by atoms with Crippen LogP contribution in [-0.4, -0.2) is 35.4 Å². The first-order valence-electron chi connectivity index (χ1n) is 6.10. The highest BCUT2D eigenvalue weighted by molar-refractivity contribution is 5.82. The topological polar surface area (TPSA) is 82.2 Å². The predicted octanol–water partition coefficient (Wildman–Crippen LogP) is 0.209. The number of carbonyl (C=O) groups is 1. The largest absolute Gasteiger partial charge is 0.379 e. The lowest BCUT2D eigenvalue weighted by Crippen LogP contribution is -2.36. The number of hydrogen-bond acceptors (Lipinski definition) is 4. The highest BCUT2D eigenvalue weighted by Crippen LogP contribution is 2.07. The molecule has 0 spiro atoms. The first kappa shape index (κ1) is 14.7. The van der Waals surface area contributed by atoms with Gasteiger partial charge >= 0.3 is 0 Å². The van der Waals surface area contributed by atoms with Gasteiger partial charge in [0.2, 0.25) is 5.91 Å². The van der Waals surface area contributed by atoms with E-state index in [2.05, 4.69) is 24.3 Å². The molecule has 1 rings (SSSR count). The van der Waals surface area contributed by atoms with Crippen LogP contribution in [0.5, 0.6) is 0 Å². The molecule has 0 fully saturated rings. The van der Waals surface area contributed by atoms with Crippen LogP contribution in [0.3, 0.4) is 0 Å². The van der Waals surface area contributed by atoms with Gasteiger partial charge in [0.05, 0.1) is 12.8 Å². The molecule has 18 heavy (non-hydrogen) atoms. The van der Waals surface area contributed by atoms with E-state index in [0.29, 0.717) is 31.2 Å². The molecule has 0 aromatic carbocycles. The Morgan fingerprint density at radius 2 is 2.33 bits per heavy atom. The predicted molar refractivity (Wildman–Crippen MR) is 68.8 cm³/mol. The van der Waals surface area contributed by atoms with Gasteiger partial charge in [0.25, 0.3) is 0 Å². The first-order chi connectivity index (χ1) is 8.50. The van der Waals surface area contributed by atoms with Crippen LogP contribution in [-0.2, 0) is 16.6 Å². The number of carbonyl (C=O) groups excluding carboxylic acids is 1. The molecule has 1 amide bonds. The highest BCUT2D eigenvalue weighted by Gasteiger charge is 2.16. The number of nitrogens with one attached hydrogen (secondary N) is 1. The average Bonchev–Trinajstić information content (AvgIpc) is 2.73. The smallest absolute Gasteiger partial charge is 0.241 e. The molecule has 3 N–H and O–H groups in total. The second kappa shape index (κ2) is 7.13. The fraction of sp³-hybridized carbons (Fsp3) is 0.667. The third-order valence-electron chi connectivity index (χ3n) is 2.36. The number of ether oxygens (including phenoxy) is 1. The Kier molecular flexibility index (Phi) is 5.80. The molecule has 1 aromatic rings. The molecule has 0 bridgehead atoms. The Morgan fingerprint density at radius 3 is 2.89 bits per heavy atom. The minimum Gasteiger partial charge on any atom is -0.379 e. The van der Waals surface area contributed by atoms with Gasteiger partial charge in [-0.2, -0.15) is 5.10 Å². The first-order valence-corrected chi connectivity index (χ1v) is 6.10. The van der Waals surface area contributed by atoms with Crippen LogP contribution < -0.4 is 11.1 Å². The van der Waals surface area contributed by atoms with E-state index in [0.717, 1.165) is 0 Å². The molecule has 1 heterocycles. The quantitative estimate of drug-likeness (QED) is 0.681. The summed E-state index contributed by atoms with van der Waals surface area (Å²) in [5.41, 5.74) is 6.52. The summed E-state index contributed by atoms with van der Waals surface area (Å²) in [6.45, 7) is 5.83. The SMILES string of the molecule is CC(C)COCCNC(=O)C(N)c1cnn(C)c1. The fourth-order valence-electron chi connectivity index (χ4n) is 1.43. The van der Waals surface area contributed by atoms with E-state index >= 15 is 0 Å². The Balaban J connectivity index is 2.24. The summed E-state index contributed by atoms with van der Waals surface area (Å²) in [7, 11) is 1.79. The third kappa shape index (κ3) is 4.85. The molecule has 1 unspecified atom stereocenters. The maximum atomic E-state index is 11.7. The minimum absolute atomic E-state index is 0.212. The zero-order valence-electron chi connectivity index (χ0n) is 11.2. The molecule has 0 aliphatic carbocycles. The minimum atomic E-state index is -0.677. The van der Waals surface area contributed by atoms with Crippen LogP contribution in [0.1, 0.15) is 25.5 Å². The van der Waals surface area contributed by atoms with Gasteiger partial charge in [-0.15, -0.1) is 0 Å². The van der Waals surface area contributed by atoms with E-state index in [1.165, 1.54) is 0 Å². The second-order valence-corrected chi connectivity index (χ2v) is 4.68. The summed E-state index contributed by atoms with van der Waals surface area (Å²) in [5.74, 6) is 0.287. The van der Waals surface area contributed by atoms with Crippen molar-refractivity contribution in [2.75, 3.05) is 19.8 Å². The van der Waals surface area contributed by atoms with Crippen LogP contribution in [0.15, 0.2) is 12.4 Å². The van der Waals surface area contributed by atoms with Crippen molar-refractivity contribution in [2.45, 2.75) is 19.9 Å². The molecular formula is C12H22N4O2. The van der Waals surface area contributed by atoms with Gasteiger partial charge in [0, 0.05) is 32.0 Å². The van der Waals surface area contributed by atoms with Crippen molar-refractivity contribution in [2.24, 2.45) is 18.7 Å². The monoisotopic (exact) mass is 254 g/mol. The van der Waals surface area contributed by atoms with Gasteiger partial charge in [0.15, 0.2) is 0 Å². The molecule has 0 aliphatic rings. The summed E-state index contributed by atoms with van der Waals surface area (Å²) in [6, 6.07) is -0.677. The van der Waals surface area contributed by atoms with Crippen molar-refractivity contribution in [3.05, 3.63) is 18.0 Å². The number of aromatic nitrogens is 2. The zero-order valence-corrected chi connectivity index (χ0v) is 11.2. The van der Waals surface area contributed by atoms with Gasteiger partial charge in [-0.25, -0.2) is 0 Å². The van der Waals surface area contributed by atoms with E-state index in [1.807, 2.05) is 0 Å². The molecule has 1 atom stereocenters. The van der Waals surface area contributed by atoms with Gasteiger partial charge in [0.1, 0.15) is 6.04 Å². The Labute approximate surface area is 107 Å². The Hall–Kier alpha value is -1.40. The maximum absolute atomic E-state index is 11.7. The number of rotatable bonds is 7. The lowest BCUT2D eigenvalue weighted by molar-refractivity contribution is -0.122. The van der Waals surface area contributed by atoms with Crippen LogP contribution >= 0.6 is 0 Å². The van der Waals surface area contributed by atoms with E-state index in [4.69, 9.17) is 10.5 Å². The third-order valence-corrected chi connectivity index (χ3v) is 2.36. The number of nitrogens with two attached hydrogens (primary N) is 1. The van der Waals surface area contributed by atoms with Crippen molar-refractivity contribution in [3.8, 4) is 0 Å². The summed E-state index contributed by atoms with van der Waals surface area (Å²) in [5, 5.41) is 6.72. The zero-order chi connectivity index (χ0) is 13.5. The standard InChI is InChI=1S/C12H22N4O2/c1-9(2)8-18-5-4-14-12(17)11(13)10-6-15-16(3)7-10/h6-7,9,11H,4-5,8,13H2,1-3H3,(H,14,17). The van der Waals surface area contributed by atoms with Crippen molar-refractivity contribution >= 4 is 5.91 Å². The number of amides is 1. The molecule has 0 aliphatic heterocycles. The average molecular weight is 254 g/mol. The van der Waals surface area contributed by atoms with Crippen LogP contribution in [0.2, 0.25) is 0 Å². The molecule has 6 heteroatoms. The van der Waals surface area contributed by atoms with Crippen molar-refractivity contribution in [3.63, 3.8) is 0 Å². The van der Waals surface area contributed by atoms with Crippen LogP contribution in [0.4, 0.5) is 0 Å². The maximum Gasteiger partial charge on any atom is 0.241 e. The van der Waals surface area contributed by atoms with Crippen LogP contribution in [0, 0.1) is 5.92 Å². The van der Waals surface area contributed by atoms with E-state index in [9.17, 15) is 4.79 Å². The summed E-state index contributed by atoms with van der Waals surface area (Å²) < 4.78 is 6.98. The fourth-order valence-corrected chi connectivity index (χ4v) is 1.43. The highest BCUT2D eigenvalue weighted by atomic mass is 16.5. The van der Waals surface area contributed by atoms with Gasteiger partial charge in [-0.3, -0.25) is 9.48 Å². The molecule has 0 saturated heterocycles. The van der Waals surface area contributed by atoms with Crippen molar-refractivity contribution < 1.29 is 9.53 Å². The summed E-state index contributed by atoms with van der Waals surface area (Å²) in [4.78, 5) is 11.7. The summed E-state index contributed by atoms with van der Waals surface area (Å²) in [6.07, 6.45) is 3.33. The number of nitrogens with zero attached hydrogens (tertiary/aromatic N) is 2. The van der Waals surface area contributed by atoms with Gasteiger partial charge < -0.3 is 15.8 Å². The van der Waals surface area contributed by atoms with E-state index in [1.54, 1.807) is 24.1 Å². The van der Waals surface area contributed by atoms with E-state index < -0.39 is 6.04 Å². The lowest BCUT2D eigenvalue weighted by atomic mass is 10.1. The van der Waals surface area contributed by atoms with Crippen molar-refractivity contribution in [1.29, 1.82) is 0 Å². The van der Waals surface area contributed by atoms with Crippen LogP contribution in [0.25, 0.3) is 0 Å².